The van der Waals surface area contributed by atoms with Gasteiger partial charge in [-0.05, 0) is 48.4 Å². The molecule has 2 rings (SSSR count). The zero-order valence-corrected chi connectivity index (χ0v) is 13.6. The fourth-order valence-electron chi connectivity index (χ4n) is 1.55. The Morgan fingerprint density at radius 1 is 1.17 bits per heavy atom. The molecule has 1 nitrogen and oxygen atoms in total. The highest BCUT2D eigenvalue weighted by molar-refractivity contribution is 9.10. The minimum atomic E-state index is 0.708. The molecule has 0 spiro atoms. The largest absolute Gasteiger partial charge is 0.457 e. The highest BCUT2D eigenvalue weighted by atomic mass is 79.9. The highest BCUT2D eigenvalue weighted by Gasteiger charge is 2.05. The third-order valence-corrected chi connectivity index (χ3v) is 3.98. The van der Waals surface area contributed by atoms with Gasteiger partial charge in [-0.15, -0.1) is 0 Å². The molecule has 0 saturated heterocycles. The molecule has 0 bridgehead atoms. The quantitative estimate of drug-likeness (QED) is 0.576. The van der Waals surface area contributed by atoms with E-state index in [1.54, 1.807) is 0 Å². The highest BCUT2D eigenvalue weighted by Crippen LogP contribution is 2.30. The summed E-state index contributed by atoms with van der Waals surface area (Å²) in [6, 6.07) is 11.6. The van der Waals surface area contributed by atoms with Crippen molar-refractivity contribution in [2.45, 2.75) is 12.3 Å². The molecular weight excluding hydrogens is 379 g/mol. The first-order valence-corrected chi connectivity index (χ1v) is 7.68. The predicted molar refractivity (Wildman–Crippen MR) is 83.0 cm³/mol. The van der Waals surface area contributed by atoms with Gasteiger partial charge in [-0.25, -0.2) is 0 Å². The molecule has 0 fully saturated rings. The molecule has 0 aromatic heterocycles. The third kappa shape index (κ3) is 3.28. The van der Waals surface area contributed by atoms with E-state index in [0.717, 1.165) is 32.4 Å². The third-order valence-electron chi connectivity index (χ3n) is 2.53. The molecule has 0 atom stereocenters. The number of aryl methyl sites for hydroxylation is 1. The summed E-state index contributed by atoms with van der Waals surface area (Å²) in [4.78, 5) is 0. The van der Waals surface area contributed by atoms with Crippen molar-refractivity contribution < 1.29 is 4.74 Å². The molecule has 0 aliphatic rings. The van der Waals surface area contributed by atoms with Gasteiger partial charge in [0.15, 0.2) is 0 Å². The number of alkyl halides is 1. The van der Waals surface area contributed by atoms with Crippen LogP contribution in [0, 0.1) is 6.92 Å². The second kappa shape index (κ2) is 6.09. The van der Waals surface area contributed by atoms with Crippen molar-refractivity contribution >= 4 is 43.5 Å². The van der Waals surface area contributed by atoms with Crippen molar-refractivity contribution in [1.29, 1.82) is 0 Å². The molecule has 0 heterocycles. The molecule has 4 heteroatoms. The van der Waals surface area contributed by atoms with Crippen LogP contribution in [0.5, 0.6) is 11.5 Å². The molecule has 2 aromatic rings. The van der Waals surface area contributed by atoms with Crippen LogP contribution in [-0.4, -0.2) is 0 Å². The van der Waals surface area contributed by atoms with E-state index >= 15 is 0 Å². The van der Waals surface area contributed by atoms with Gasteiger partial charge in [-0.2, -0.15) is 0 Å². The molecule has 94 valence electrons. The van der Waals surface area contributed by atoms with Gasteiger partial charge in [0.05, 0.1) is 0 Å². The summed E-state index contributed by atoms with van der Waals surface area (Å²) in [6.07, 6.45) is 0. The Morgan fingerprint density at radius 2 is 1.94 bits per heavy atom. The Labute approximate surface area is 128 Å². The molecule has 0 saturated carbocycles. The lowest BCUT2D eigenvalue weighted by atomic mass is 10.2. The first-order chi connectivity index (χ1) is 8.60. The lowest BCUT2D eigenvalue weighted by molar-refractivity contribution is 0.478. The van der Waals surface area contributed by atoms with E-state index in [1.165, 1.54) is 0 Å². The molecule has 18 heavy (non-hydrogen) atoms. The fraction of sp³-hybridized carbons (Fsp3) is 0.143. The van der Waals surface area contributed by atoms with Crippen LogP contribution in [0.15, 0.2) is 40.9 Å². The normalized spacial score (nSPS) is 10.4. The lowest BCUT2D eigenvalue weighted by Gasteiger charge is -2.10. The minimum Gasteiger partial charge on any atom is -0.457 e. The number of rotatable bonds is 3. The first kappa shape index (κ1) is 13.9. The van der Waals surface area contributed by atoms with Gasteiger partial charge in [0.2, 0.25) is 0 Å². The first-order valence-electron chi connectivity index (χ1n) is 5.38. The van der Waals surface area contributed by atoms with Gasteiger partial charge < -0.3 is 4.74 Å². The molecule has 2 aromatic carbocycles. The molecule has 0 amide bonds. The maximum Gasteiger partial charge on any atom is 0.130 e. The van der Waals surface area contributed by atoms with E-state index in [9.17, 15) is 0 Å². The Kier molecular flexibility index (Phi) is 4.71. The van der Waals surface area contributed by atoms with Crippen LogP contribution in [-0.2, 0) is 5.33 Å². The van der Waals surface area contributed by atoms with Crippen molar-refractivity contribution in [3.63, 3.8) is 0 Å². The smallest absolute Gasteiger partial charge is 0.130 e. The average Bonchev–Trinajstić information content (AvgIpc) is 2.33. The van der Waals surface area contributed by atoms with E-state index < -0.39 is 0 Å². The van der Waals surface area contributed by atoms with E-state index in [2.05, 4.69) is 31.9 Å². The number of hydrogen-bond donors (Lipinski definition) is 0. The summed E-state index contributed by atoms with van der Waals surface area (Å²) >= 11 is 13.0. The Bertz CT molecular complexity index is 570. The molecular formula is C14H11Br2ClO. The summed E-state index contributed by atoms with van der Waals surface area (Å²) in [5.41, 5.74) is 2.13. The average molecular weight is 391 g/mol. The van der Waals surface area contributed by atoms with Crippen LogP contribution in [0.3, 0.4) is 0 Å². The maximum absolute atomic E-state index is 6.14. The van der Waals surface area contributed by atoms with Gasteiger partial charge in [-0.3, -0.25) is 0 Å². The SMILES string of the molecule is Cc1cc(Br)ccc1Oc1ccc(CBr)c(Cl)c1. The van der Waals surface area contributed by atoms with Gasteiger partial charge in [0, 0.05) is 14.8 Å². The molecule has 0 unspecified atom stereocenters. The zero-order valence-electron chi connectivity index (χ0n) is 9.71. The topological polar surface area (TPSA) is 9.23 Å². The van der Waals surface area contributed by atoms with Gasteiger partial charge >= 0.3 is 0 Å². The zero-order chi connectivity index (χ0) is 13.1. The second-order valence-electron chi connectivity index (χ2n) is 3.90. The van der Waals surface area contributed by atoms with Crippen LogP contribution in [0.25, 0.3) is 0 Å². The van der Waals surface area contributed by atoms with Crippen LogP contribution >= 0.6 is 43.5 Å². The van der Waals surface area contributed by atoms with Crippen molar-refractivity contribution in [1.82, 2.24) is 0 Å². The molecule has 0 aliphatic heterocycles. The summed E-state index contributed by atoms with van der Waals surface area (Å²) in [6.45, 7) is 2.01. The van der Waals surface area contributed by atoms with Crippen molar-refractivity contribution in [2.24, 2.45) is 0 Å². The Morgan fingerprint density at radius 3 is 2.56 bits per heavy atom. The van der Waals surface area contributed by atoms with Crippen LogP contribution < -0.4 is 4.74 Å². The summed E-state index contributed by atoms with van der Waals surface area (Å²) in [5.74, 6) is 1.58. The fourth-order valence-corrected chi connectivity index (χ4v) is 2.92. The van der Waals surface area contributed by atoms with Crippen LogP contribution in [0.2, 0.25) is 5.02 Å². The Hall–Kier alpha value is -0.510. The van der Waals surface area contributed by atoms with Gasteiger partial charge in [0.25, 0.3) is 0 Å². The maximum atomic E-state index is 6.14. The number of hydrogen-bond acceptors (Lipinski definition) is 1. The molecule has 0 radical (unpaired) electrons. The van der Waals surface area contributed by atoms with E-state index in [4.69, 9.17) is 16.3 Å². The van der Waals surface area contributed by atoms with Crippen molar-refractivity contribution in [3.8, 4) is 11.5 Å². The molecule has 0 N–H and O–H groups in total. The van der Waals surface area contributed by atoms with E-state index in [1.807, 2.05) is 43.3 Å². The molecule has 0 aliphatic carbocycles. The summed E-state index contributed by atoms with van der Waals surface area (Å²) < 4.78 is 6.87. The summed E-state index contributed by atoms with van der Waals surface area (Å²) in [7, 11) is 0. The van der Waals surface area contributed by atoms with Crippen LogP contribution in [0.4, 0.5) is 0 Å². The number of benzene rings is 2. The van der Waals surface area contributed by atoms with Crippen LogP contribution in [0.1, 0.15) is 11.1 Å². The Balaban J connectivity index is 2.26. The van der Waals surface area contributed by atoms with E-state index in [-0.39, 0.29) is 0 Å². The standard InChI is InChI=1S/C14H11Br2ClO/c1-9-6-11(16)3-5-14(9)18-12-4-2-10(8-15)13(17)7-12/h2-7H,8H2,1H3. The minimum absolute atomic E-state index is 0.708. The second-order valence-corrected chi connectivity index (χ2v) is 5.78. The van der Waals surface area contributed by atoms with Crippen molar-refractivity contribution in [3.05, 3.63) is 57.0 Å². The monoisotopic (exact) mass is 388 g/mol. The van der Waals surface area contributed by atoms with Gasteiger partial charge in [0.1, 0.15) is 11.5 Å². The van der Waals surface area contributed by atoms with E-state index in [0.29, 0.717) is 5.02 Å². The number of ether oxygens (including phenoxy) is 1. The van der Waals surface area contributed by atoms with Gasteiger partial charge in [-0.1, -0.05) is 49.5 Å². The lowest BCUT2D eigenvalue weighted by Crippen LogP contribution is -1.89. The van der Waals surface area contributed by atoms with Crippen molar-refractivity contribution in [2.75, 3.05) is 0 Å². The summed E-state index contributed by atoms with van der Waals surface area (Å²) in [5, 5.41) is 1.45. The number of halogens is 3. The predicted octanol–water partition coefficient (Wildman–Crippen LogP) is 6.10.